The molecule has 3 aromatic rings. The van der Waals surface area contributed by atoms with Gasteiger partial charge >= 0.3 is 0 Å². The van der Waals surface area contributed by atoms with Crippen LogP contribution in [0.2, 0.25) is 0 Å². The second-order valence-corrected chi connectivity index (χ2v) is 8.56. The Kier molecular flexibility index (Phi) is 5.76. The minimum atomic E-state index is 0.215. The van der Waals surface area contributed by atoms with E-state index < -0.39 is 0 Å². The first-order valence-electron chi connectivity index (χ1n) is 11.0. The Balaban J connectivity index is 1.08. The molecule has 2 aliphatic rings. The summed E-state index contributed by atoms with van der Waals surface area (Å²) in [5.41, 5.74) is 6.00. The van der Waals surface area contributed by atoms with Gasteiger partial charge in [0.1, 0.15) is 6.33 Å². The Morgan fingerprint density at radius 3 is 2.55 bits per heavy atom. The molecular formula is C24H27N5O2. The molecule has 3 heterocycles. The SMILES string of the molecule is O=C(Cc1ccc(-n2cnnn2)cc1)N1CCC(CCc2ccc3c(c2)COC3)CC1. The molecule has 0 N–H and O–H groups in total. The van der Waals surface area contributed by atoms with Crippen molar-refractivity contribution in [3.63, 3.8) is 0 Å². The average molecular weight is 418 g/mol. The van der Waals surface area contributed by atoms with Gasteiger partial charge in [-0.05, 0) is 76.4 Å². The third-order valence-electron chi connectivity index (χ3n) is 6.50. The molecule has 1 fully saturated rings. The summed E-state index contributed by atoms with van der Waals surface area (Å²) in [6.45, 7) is 3.24. The zero-order valence-electron chi connectivity index (χ0n) is 17.6. The van der Waals surface area contributed by atoms with E-state index in [1.807, 2.05) is 29.2 Å². The standard InChI is InChI=1S/C24H27N5O2/c30-24(14-20-4-7-23(8-5-20)29-17-25-26-27-29)28-11-9-18(10-12-28)1-2-19-3-6-21-15-31-16-22(21)13-19/h3-8,13,17-18H,1-2,9-12,14-16H2. The molecule has 1 aromatic heterocycles. The lowest BCUT2D eigenvalue weighted by Gasteiger charge is -2.32. The van der Waals surface area contributed by atoms with E-state index in [1.165, 1.54) is 23.1 Å². The molecule has 0 aliphatic carbocycles. The highest BCUT2D eigenvalue weighted by Crippen LogP contribution is 2.25. The van der Waals surface area contributed by atoms with E-state index in [9.17, 15) is 4.79 Å². The summed E-state index contributed by atoms with van der Waals surface area (Å²) in [7, 11) is 0. The first-order chi connectivity index (χ1) is 15.2. The van der Waals surface area contributed by atoms with Gasteiger partial charge < -0.3 is 9.64 Å². The molecule has 1 saturated heterocycles. The number of rotatable bonds is 6. The molecule has 0 radical (unpaired) electrons. The van der Waals surface area contributed by atoms with E-state index in [0.29, 0.717) is 12.3 Å². The van der Waals surface area contributed by atoms with Gasteiger partial charge in [0.05, 0.1) is 25.3 Å². The lowest BCUT2D eigenvalue weighted by atomic mass is 9.90. The third kappa shape index (κ3) is 4.66. The number of carbonyl (C=O) groups excluding carboxylic acids is 1. The van der Waals surface area contributed by atoms with Crippen LogP contribution in [0.3, 0.4) is 0 Å². The molecule has 7 heteroatoms. The summed E-state index contributed by atoms with van der Waals surface area (Å²) in [6.07, 6.45) is 6.50. The van der Waals surface area contributed by atoms with Crippen LogP contribution in [0, 0.1) is 5.92 Å². The van der Waals surface area contributed by atoms with Crippen molar-refractivity contribution in [1.29, 1.82) is 0 Å². The number of nitrogens with zero attached hydrogens (tertiary/aromatic N) is 5. The van der Waals surface area contributed by atoms with E-state index in [2.05, 4.69) is 33.7 Å². The van der Waals surface area contributed by atoms with Crippen molar-refractivity contribution in [2.45, 2.75) is 45.3 Å². The lowest BCUT2D eigenvalue weighted by Crippen LogP contribution is -2.39. The molecule has 7 nitrogen and oxygen atoms in total. The van der Waals surface area contributed by atoms with Gasteiger partial charge in [-0.1, -0.05) is 30.3 Å². The van der Waals surface area contributed by atoms with Crippen molar-refractivity contribution in [3.8, 4) is 5.69 Å². The third-order valence-corrected chi connectivity index (χ3v) is 6.50. The molecule has 31 heavy (non-hydrogen) atoms. The maximum absolute atomic E-state index is 12.8. The van der Waals surface area contributed by atoms with Gasteiger partial charge in [0.15, 0.2) is 0 Å². The van der Waals surface area contributed by atoms with Gasteiger partial charge in [-0.3, -0.25) is 4.79 Å². The first-order valence-corrected chi connectivity index (χ1v) is 11.0. The molecule has 160 valence electrons. The fourth-order valence-corrected chi connectivity index (χ4v) is 4.56. The maximum Gasteiger partial charge on any atom is 0.226 e. The Morgan fingerprint density at radius 1 is 1.00 bits per heavy atom. The summed E-state index contributed by atoms with van der Waals surface area (Å²) < 4.78 is 7.12. The highest BCUT2D eigenvalue weighted by atomic mass is 16.5. The number of tetrazole rings is 1. The highest BCUT2D eigenvalue weighted by molar-refractivity contribution is 5.78. The van der Waals surface area contributed by atoms with Crippen LogP contribution in [-0.4, -0.2) is 44.1 Å². The molecule has 2 aromatic carbocycles. The molecule has 0 unspecified atom stereocenters. The monoisotopic (exact) mass is 417 g/mol. The van der Waals surface area contributed by atoms with E-state index in [1.54, 1.807) is 11.0 Å². The van der Waals surface area contributed by atoms with Crippen molar-refractivity contribution in [2.75, 3.05) is 13.1 Å². The number of hydrogen-bond donors (Lipinski definition) is 0. The molecule has 0 bridgehead atoms. The van der Waals surface area contributed by atoms with E-state index in [-0.39, 0.29) is 5.91 Å². The number of piperidine rings is 1. The predicted octanol–water partition coefficient (Wildman–Crippen LogP) is 3.11. The Labute approximate surface area is 182 Å². The lowest BCUT2D eigenvalue weighted by molar-refractivity contribution is -0.131. The van der Waals surface area contributed by atoms with Crippen LogP contribution >= 0.6 is 0 Å². The quantitative estimate of drug-likeness (QED) is 0.616. The van der Waals surface area contributed by atoms with Gasteiger partial charge in [-0.25, -0.2) is 4.68 Å². The second-order valence-electron chi connectivity index (χ2n) is 8.56. The number of fused-ring (bicyclic) bond motifs is 1. The zero-order valence-corrected chi connectivity index (χ0v) is 17.6. The smallest absolute Gasteiger partial charge is 0.226 e. The topological polar surface area (TPSA) is 73.1 Å². The number of aryl methyl sites for hydroxylation is 1. The minimum Gasteiger partial charge on any atom is -0.372 e. The maximum atomic E-state index is 12.8. The summed E-state index contributed by atoms with van der Waals surface area (Å²) in [6, 6.07) is 14.6. The molecule has 5 rings (SSSR count). The van der Waals surface area contributed by atoms with Crippen LogP contribution in [0.15, 0.2) is 48.8 Å². The summed E-state index contributed by atoms with van der Waals surface area (Å²) in [4.78, 5) is 14.8. The number of hydrogen-bond acceptors (Lipinski definition) is 5. The molecule has 0 saturated carbocycles. The fourth-order valence-electron chi connectivity index (χ4n) is 4.56. The van der Waals surface area contributed by atoms with Crippen LogP contribution in [-0.2, 0) is 35.6 Å². The molecule has 1 amide bonds. The van der Waals surface area contributed by atoms with Crippen molar-refractivity contribution in [1.82, 2.24) is 25.1 Å². The summed E-state index contributed by atoms with van der Waals surface area (Å²) >= 11 is 0. The van der Waals surface area contributed by atoms with Crippen molar-refractivity contribution in [3.05, 3.63) is 71.0 Å². The van der Waals surface area contributed by atoms with Crippen LogP contribution < -0.4 is 0 Å². The average Bonchev–Trinajstić information content (AvgIpc) is 3.50. The normalized spacial score (nSPS) is 16.5. The second kappa shape index (κ2) is 8.98. The number of ether oxygens (including phenoxy) is 1. The molecule has 0 atom stereocenters. The fraction of sp³-hybridized carbons (Fsp3) is 0.417. The van der Waals surface area contributed by atoms with Crippen LogP contribution in [0.25, 0.3) is 5.69 Å². The van der Waals surface area contributed by atoms with E-state index in [0.717, 1.165) is 56.8 Å². The van der Waals surface area contributed by atoms with Crippen molar-refractivity contribution < 1.29 is 9.53 Å². The van der Waals surface area contributed by atoms with Gasteiger partial charge in [0.25, 0.3) is 0 Å². The molecule has 2 aliphatic heterocycles. The number of likely N-dealkylation sites (tertiary alicyclic amines) is 1. The largest absolute Gasteiger partial charge is 0.372 e. The van der Waals surface area contributed by atoms with Crippen LogP contribution in [0.5, 0.6) is 0 Å². The summed E-state index contributed by atoms with van der Waals surface area (Å²) in [5.74, 6) is 0.913. The van der Waals surface area contributed by atoms with Crippen molar-refractivity contribution in [2.24, 2.45) is 5.92 Å². The minimum absolute atomic E-state index is 0.215. The summed E-state index contributed by atoms with van der Waals surface area (Å²) in [5, 5.41) is 11.2. The number of aromatic nitrogens is 4. The Bertz CT molecular complexity index is 1020. The van der Waals surface area contributed by atoms with Gasteiger partial charge in [-0.15, -0.1) is 5.10 Å². The van der Waals surface area contributed by atoms with E-state index >= 15 is 0 Å². The first kappa shape index (κ1) is 19.9. The molecular weight excluding hydrogens is 390 g/mol. The molecule has 0 spiro atoms. The number of benzene rings is 2. The number of carbonyl (C=O) groups is 1. The van der Waals surface area contributed by atoms with E-state index in [4.69, 9.17) is 4.74 Å². The predicted molar refractivity (Wildman–Crippen MR) is 115 cm³/mol. The Hall–Kier alpha value is -3.06. The van der Waals surface area contributed by atoms with Gasteiger partial charge in [0.2, 0.25) is 5.91 Å². The van der Waals surface area contributed by atoms with Crippen molar-refractivity contribution >= 4 is 5.91 Å². The zero-order chi connectivity index (χ0) is 21.0. The van der Waals surface area contributed by atoms with Crippen LogP contribution in [0.1, 0.15) is 41.5 Å². The highest BCUT2D eigenvalue weighted by Gasteiger charge is 2.23. The number of amides is 1. The Morgan fingerprint density at radius 2 is 1.77 bits per heavy atom. The van der Waals surface area contributed by atoms with Gasteiger partial charge in [0, 0.05) is 13.1 Å². The van der Waals surface area contributed by atoms with Gasteiger partial charge in [-0.2, -0.15) is 0 Å². The van der Waals surface area contributed by atoms with Crippen LogP contribution in [0.4, 0.5) is 0 Å².